The Balaban J connectivity index is 1.50. The molecule has 9 heteroatoms. The van der Waals surface area contributed by atoms with Crippen LogP contribution in [0.4, 0.5) is 4.39 Å². The number of nitrogens with zero attached hydrogens (tertiary/aromatic N) is 1. The lowest BCUT2D eigenvalue weighted by molar-refractivity contribution is 0.103. The first-order valence-electron chi connectivity index (χ1n) is 10.2. The van der Waals surface area contributed by atoms with Gasteiger partial charge in [-0.1, -0.05) is 42.5 Å². The van der Waals surface area contributed by atoms with Gasteiger partial charge >= 0.3 is 0 Å². The molecular weight excluding hydrogens is 457 g/mol. The minimum absolute atomic E-state index is 0.202. The maximum Gasteiger partial charge on any atom is 0.210 e. The lowest BCUT2D eigenvalue weighted by atomic mass is 10.1. The number of aromatic amines is 2. The number of hydrogen-bond donors (Lipinski definition) is 2. The number of ketones is 1. The van der Waals surface area contributed by atoms with E-state index in [1.165, 1.54) is 18.5 Å². The standard InChI is InChI=1S/C25H18FN3O4S/c1-34(31,32)24-18-10-11-27-20(18)13-19(26)23(24)33-17-9-5-8-16(12-17)25-28-14-21(29-25)22(30)15-6-3-2-4-7-15/h2-14,27H,1H3,(H,28,29). The predicted molar refractivity (Wildman–Crippen MR) is 125 cm³/mol. The van der Waals surface area contributed by atoms with Crippen LogP contribution >= 0.6 is 0 Å². The fourth-order valence-electron chi connectivity index (χ4n) is 3.74. The van der Waals surface area contributed by atoms with Crippen LogP contribution in [0.25, 0.3) is 22.3 Å². The number of H-pyrrole nitrogens is 2. The highest BCUT2D eigenvalue weighted by molar-refractivity contribution is 7.91. The van der Waals surface area contributed by atoms with E-state index in [1.54, 1.807) is 54.6 Å². The van der Waals surface area contributed by atoms with E-state index >= 15 is 0 Å². The summed E-state index contributed by atoms with van der Waals surface area (Å²) >= 11 is 0. The first-order chi connectivity index (χ1) is 16.3. The second-order valence-corrected chi connectivity index (χ2v) is 9.65. The average Bonchev–Trinajstić information content (AvgIpc) is 3.49. The molecule has 0 unspecified atom stereocenters. The molecule has 0 radical (unpaired) electrons. The number of fused-ring (bicyclic) bond motifs is 1. The van der Waals surface area contributed by atoms with Crippen molar-refractivity contribution in [2.75, 3.05) is 6.26 Å². The van der Waals surface area contributed by atoms with Crippen LogP contribution in [0.15, 0.2) is 84.0 Å². The third-order valence-corrected chi connectivity index (χ3v) is 6.42. The normalized spacial score (nSPS) is 11.6. The molecule has 0 saturated heterocycles. The smallest absolute Gasteiger partial charge is 0.210 e. The Morgan fingerprint density at radius 1 is 1.03 bits per heavy atom. The van der Waals surface area contributed by atoms with Crippen LogP contribution in [0.1, 0.15) is 16.1 Å². The van der Waals surface area contributed by atoms with Crippen molar-refractivity contribution in [1.29, 1.82) is 0 Å². The van der Waals surface area contributed by atoms with Crippen molar-refractivity contribution in [2.24, 2.45) is 0 Å². The summed E-state index contributed by atoms with van der Waals surface area (Å²) in [5.74, 6) is -0.773. The molecule has 2 aromatic heterocycles. The van der Waals surface area contributed by atoms with Crippen molar-refractivity contribution >= 4 is 26.5 Å². The first-order valence-corrected chi connectivity index (χ1v) is 12.1. The van der Waals surface area contributed by atoms with E-state index in [9.17, 15) is 17.6 Å². The van der Waals surface area contributed by atoms with Crippen LogP contribution in [-0.2, 0) is 9.84 Å². The second-order valence-electron chi connectivity index (χ2n) is 7.70. The number of sulfone groups is 1. The summed E-state index contributed by atoms with van der Waals surface area (Å²) in [6.07, 6.45) is 3.99. The number of rotatable bonds is 6. The van der Waals surface area contributed by atoms with Gasteiger partial charge in [-0.05, 0) is 18.2 Å². The number of nitrogens with one attached hydrogen (secondary N) is 2. The molecule has 5 aromatic rings. The van der Waals surface area contributed by atoms with E-state index in [1.807, 2.05) is 6.07 Å². The number of benzene rings is 3. The molecule has 3 aromatic carbocycles. The molecule has 0 aliphatic rings. The molecule has 0 saturated carbocycles. The number of halogens is 1. The first kappa shape index (κ1) is 21.6. The van der Waals surface area contributed by atoms with E-state index in [0.717, 1.165) is 6.26 Å². The number of ether oxygens (including phenoxy) is 1. The van der Waals surface area contributed by atoms with Gasteiger partial charge in [-0.15, -0.1) is 0 Å². The van der Waals surface area contributed by atoms with E-state index < -0.39 is 15.7 Å². The molecule has 0 amide bonds. The summed E-state index contributed by atoms with van der Waals surface area (Å²) in [4.78, 5) is 22.5. The van der Waals surface area contributed by atoms with Gasteiger partial charge in [0.1, 0.15) is 22.2 Å². The van der Waals surface area contributed by atoms with Crippen molar-refractivity contribution in [2.45, 2.75) is 4.90 Å². The van der Waals surface area contributed by atoms with E-state index in [2.05, 4.69) is 15.0 Å². The van der Waals surface area contributed by atoms with Crippen molar-refractivity contribution in [1.82, 2.24) is 15.0 Å². The molecule has 2 N–H and O–H groups in total. The Bertz CT molecular complexity index is 1640. The summed E-state index contributed by atoms with van der Waals surface area (Å²) < 4.78 is 45.6. The van der Waals surface area contributed by atoms with Gasteiger partial charge in [0.25, 0.3) is 0 Å². The zero-order valence-electron chi connectivity index (χ0n) is 17.9. The topological polar surface area (TPSA) is 105 Å². The van der Waals surface area contributed by atoms with Crippen molar-refractivity contribution in [3.63, 3.8) is 0 Å². The Morgan fingerprint density at radius 3 is 2.59 bits per heavy atom. The fraction of sp³-hybridized carbons (Fsp3) is 0.0400. The third-order valence-electron chi connectivity index (χ3n) is 5.27. The van der Waals surface area contributed by atoms with Crippen LogP contribution in [0.2, 0.25) is 0 Å². The molecular formula is C25H18FN3O4S. The molecule has 0 aliphatic carbocycles. The van der Waals surface area contributed by atoms with Gasteiger partial charge in [0, 0.05) is 40.5 Å². The van der Waals surface area contributed by atoms with Crippen molar-refractivity contribution in [3.8, 4) is 22.9 Å². The Hall–Kier alpha value is -4.24. The van der Waals surface area contributed by atoms with Gasteiger partial charge in [0.2, 0.25) is 5.78 Å². The van der Waals surface area contributed by atoms with E-state index in [4.69, 9.17) is 4.74 Å². The highest BCUT2D eigenvalue weighted by Gasteiger charge is 2.24. The summed E-state index contributed by atoms with van der Waals surface area (Å²) in [5.41, 5.74) is 1.77. The van der Waals surface area contributed by atoms with E-state index in [0.29, 0.717) is 33.5 Å². The molecule has 0 atom stereocenters. The highest BCUT2D eigenvalue weighted by Crippen LogP contribution is 2.38. The van der Waals surface area contributed by atoms with Crippen molar-refractivity contribution in [3.05, 3.63) is 96.2 Å². The zero-order valence-corrected chi connectivity index (χ0v) is 18.7. The number of carbonyl (C=O) groups is 1. The quantitative estimate of drug-likeness (QED) is 0.332. The molecule has 7 nitrogen and oxygen atoms in total. The lowest BCUT2D eigenvalue weighted by Gasteiger charge is -2.13. The SMILES string of the molecule is CS(=O)(=O)c1c(Oc2cccc(-c3ncc(C(=O)c4ccccc4)[nH]3)c2)c(F)cc2[nH]ccc12. The highest BCUT2D eigenvalue weighted by atomic mass is 32.2. The summed E-state index contributed by atoms with van der Waals surface area (Å²) in [6.45, 7) is 0. The third kappa shape index (κ3) is 3.97. The maximum atomic E-state index is 14.9. The summed E-state index contributed by atoms with van der Waals surface area (Å²) in [6, 6.07) is 18.1. The largest absolute Gasteiger partial charge is 0.453 e. The molecule has 2 heterocycles. The molecule has 5 rings (SSSR count). The second kappa shape index (κ2) is 8.27. The molecule has 0 aliphatic heterocycles. The molecule has 34 heavy (non-hydrogen) atoms. The maximum absolute atomic E-state index is 14.9. The fourth-order valence-corrected chi connectivity index (χ4v) is 4.79. The number of imidazole rings is 1. The van der Waals surface area contributed by atoms with Gasteiger partial charge in [-0.2, -0.15) is 0 Å². The van der Waals surface area contributed by atoms with Crippen LogP contribution in [0.5, 0.6) is 11.5 Å². The zero-order chi connectivity index (χ0) is 23.9. The Kier molecular flexibility index (Phi) is 5.25. The van der Waals surface area contributed by atoms with Crippen LogP contribution in [0.3, 0.4) is 0 Å². The molecule has 170 valence electrons. The van der Waals surface area contributed by atoms with Gasteiger partial charge in [0.05, 0.1) is 6.20 Å². The number of hydrogen-bond acceptors (Lipinski definition) is 5. The van der Waals surface area contributed by atoms with Gasteiger partial charge in [0.15, 0.2) is 21.4 Å². The molecule has 0 spiro atoms. The molecule has 0 bridgehead atoms. The van der Waals surface area contributed by atoms with Crippen molar-refractivity contribution < 1.29 is 22.3 Å². The summed E-state index contributed by atoms with van der Waals surface area (Å²) in [7, 11) is -3.81. The number of aromatic nitrogens is 3. The molecule has 0 fully saturated rings. The number of carbonyl (C=O) groups excluding carboxylic acids is 1. The van der Waals surface area contributed by atoms with Crippen LogP contribution in [-0.4, -0.2) is 35.4 Å². The Labute approximate surface area is 194 Å². The minimum Gasteiger partial charge on any atom is -0.453 e. The predicted octanol–water partition coefficient (Wildman–Crippen LogP) is 5.12. The van der Waals surface area contributed by atoms with E-state index in [-0.39, 0.29) is 22.2 Å². The monoisotopic (exact) mass is 475 g/mol. The van der Waals surface area contributed by atoms with Gasteiger partial charge < -0.3 is 14.7 Å². The van der Waals surface area contributed by atoms with Crippen LogP contribution in [0, 0.1) is 5.82 Å². The Morgan fingerprint density at radius 2 is 1.82 bits per heavy atom. The minimum atomic E-state index is -3.81. The lowest BCUT2D eigenvalue weighted by Crippen LogP contribution is -2.03. The van der Waals surface area contributed by atoms with Crippen LogP contribution < -0.4 is 4.74 Å². The summed E-state index contributed by atoms with van der Waals surface area (Å²) in [5, 5.41) is 0.338. The average molecular weight is 476 g/mol. The van der Waals surface area contributed by atoms with Gasteiger partial charge in [-0.3, -0.25) is 4.79 Å². The van der Waals surface area contributed by atoms with Gasteiger partial charge in [-0.25, -0.2) is 17.8 Å².